The zero-order valence-corrected chi connectivity index (χ0v) is 20.9. The number of methoxy groups -OCH3 is 1. The van der Waals surface area contributed by atoms with Gasteiger partial charge in [-0.15, -0.1) is 0 Å². The Morgan fingerprint density at radius 2 is 2.08 bits per heavy atom. The standard InChI is InChI=1S/C30H33FN2O3/c1-21-6-3-4-7-22(21)8-5-16-33-17-14-23(24(20-33)18-30(34)35)9-11-28(31)26-13-15-32-29-12-10-25(36-2)19-27(26)29/h3-4,6-7,10,12-13,15,19,23-24,28H,9,11,14,16-18,20H2,1-2H3,(H,34,35)/t23-,24+,28+/m1/s1. The third kappa shape index (κ3) is 6.41. The van der Waals surface area contributed by atoms with Crippen LogP contribution in [0.25, 0.3) is 10.9 Å². The monoisotopic (exact) mass is 488 g/mol. The van der Waals surface area contributed by atoms with Gasteiger partial charge < -0.3 is 9.84 Å². The van der Waals surface area contributed by atoms with Gasteiger partial charge in [-0.05, 0) is 86.0 Å². The fourth-order valence-corrected chi connectivity index (χ4v) is 5.16. The molecule has 2 aromatic carbocycles. The molecule has 1 aromatic heterocycles. The number of aryl methyl sites for hydroxylation is 1. The number of hydrogen-bond acceptors (Lipinski definition) is 4. The SMILES string of the molecule is COc1ccc2nccc([C@@H](F)CC[C@@H]3CCN(CC#Cc4ccccc4C)C[C@@H]3CC(=O)O)c2c1. The average Bonchev–Trinajstić information content (AvgIpc) is 2.88. The molecule has 0 radical (unpaired) electrons. The van der Waals surface area contributed by atoms with Crippen LogP contribution in [0.3, 0.4) is 0 Å². The normalized spacial score (nSPS) is 18.9. The largest absolute Gasteiger partial charge is 0.497 e. The summed E-state index contributed by atoms with van der Waals surface area (Å²) in [5, 5.41) is 10.3. The van der Waals surface area contributed by atoms with Crippen LogP contribution in [-0.4, -0.2) is 47.7 Å². The van der Waals surface area contributed by atoms with Gasteiger partial charge in [0.1, 0.15) is 11.9 Å². The zero-order valence-electron chi connectivity index (χ0n) is 20.9. The Morgan fingerprint density at radius 3 is 2.86 bits per heavy atom. The molecule has 3 atom stereocenters. The third-order valence-electron chi connectivity index (χ3n) is 7.19. The lowest BCUT2D eigenvalue weighted by Gasteiger charge is -2.37. The fraction of sp³-hybridized carbons (Fsp3) is 0.400. The van der Waals surface area contributed by atoms with E-state index < -0.39 is 12.1 Å². The summed E-state index contributed by atoms with van der Waals surface area (Å²) in [6.45, 7) is 4.16. The molecule has 0 bridgehead atoms. The van der Waals surface area contributed by atoms with Crippen LogP contribution < -0.4 is 4.74 Å². The van der Waals surface area contributed by atoms with Crippen molar-refractivity contribution < 1.29 is 19.0 Å². The average molecular weight is 489 g/mol. The second-order valence-electron chi connectivity index (χ2n) is 9.59. The fourth-order valence-electron chi connectivity index (χ4n) is 5.16. The smallest absolute Gasteiger partial charge is 0.303 e. The highest BCUT2D eigenvalue weighted by Gasteiger charge is 2.31. The van der Waals surface area contributed by atoms with Gasteiger partial charge in [0.25, 0.3) is 0 Å². The zero-order chi connectivity index (χ0) is 25.5. The molecule has 1 fully saturated rings. The third-order valence-corrected chi connectivity index (χ3v) is 7.19. The highest BCUT2D eigenvalue weighted by Crippen LogP contribution is 2.36. The van der Waals surface area contributed by atoms with E-state index >= 15 is 4.39 Å². The first kappa shape index (κ1) is 25.7. The maximum atomic E-state index is 15.5. The van der Waals surface area contributed by atoms with Crippen molar-refractivity contribution >= 4 is 16.9 Å². The topological polar surface area (TPSA) is 62.7 Å². The minimum atomic E-state index is -1.15. The van der Waals surface area contributed by atoms with Crippen molar-refractivity contribution in [3.8, 4) is 17.6 Å². The molecule has 5 nitrogen and oxygen atoms in total. The highest BCUT2D eigenvalue weighted by molar-refractivity contribution is 5.83. The molecule has 4 rings (SSSR count). The number of aromatic nitrogens is 1. The number of carboxylic acid groups (broad SMARTS) is 1. The number of piperidine rings is 1. The van der Waals surface area contributed by atoms with Crippen molar-refractivity contribution in [1.82, 2.24) is 9.88 Å². The summed E-state index contributed by atoms with van der Waals surface area (Å²) in [6.07, 6.45) is 2.44. The molecule has 0 aliphatic carbocycles. The molecule has 1 aliphatic rings. The van der Waals surface area contributed by atoms with Gasteiger partial charge in [0, 0.05) is 30.1 Å². The number of alkyl halides is 1. The van der Waals surface area contributed by atoms with Crippen molar-refractivity contribution in [2.45, 2.75) is 38.8 Å². The molecular weight excluding hydrogens is 455 g/mol. The minimum Gasteiger partial charge on any atom is -0.497 e. The molecular formula is C30H33FN2O3. The van der Waals surface area contributed by atoms with E-state index in [-0.39, 0.29) is 18.3 Å². The number of aliphatic carboxylic acids is 1. The molecule has 0 unspecified atom stereocenters. The van der Waals surface area contributed by atoms with Crippen LogP contribution >= 0.6 is 0 Å². The van der Waals surface area contributed by atoms with Crippen molar-refractivity contribution in [3.63, 3.8) is 0 Å². The van der Waals surface area contributed by atoms with Crippen molar-refractivity contribution in [2.24, 2.45) is 11.8 Å². The number of carbonyl (C=O) groups is 1. The van der Waals surface area contributed by atoms with Gasteiger partial charge in [-0.3, -0.25) is 14.7 Å². The first-order valence-corrected chi connectivity index (χ1v) is 12.5. The molecule has 0 amide bonds. The maximum absolute atomic E-state index is 15.5. The molecule has 0 spiro atoms. The minimum absolute atomic E-state index is 0.0158. The van der Waals surface area contributed by atoms with E-state index in [1.165, 1.54) is 0 Å². The molecule has 6 heteroatoms. The lowest BCUT2D eigenvalue weighted by molar-refractivity contribution is -0.139. The maximum Gasteiger partial charge on any atom is 0.303 e. The molecule has 2 heterocycles. The molecule has 1 aliphatic heterocycles. The van der Waals surface area contributed by atoms with Gasteiger partial charge in [0.15, 0.2) is 0 Å². The number of ether oxygens (including phenoxy) is 1. The number of likely N-dealkylation sites (tertiary alicyclic amines) is 1. The number of halogens is 1. The number of fused-ring (bicyclic) bond motifs is 1. The second kappa shape index (κ2) is 12.0. The number of nitrogens with zero attached hydrogens (tertiary/aromatic N) is 2. The lowest BCUT2D eigenvalue weighted by Crippen LogP contribution is -2.41. The van der Waals surface area contributed by atoms with Crippen LogP contribution in [0, 0.1) is 30.6 Å². The van der Waals surface area contributed by atoms with Crippen LogP contribution in [0.2, 0.25) is 0 Å². The van der Waals surface area contributed by atoms with Gasteiger partial charge >= 0.3 is 5.97 Å². The van der Waals surface area contributed by atoms with E-state index in [0.717, 1.165) is 35.0 Å². The van der Waals surface area contributed by atoms with Crippen LogP contribution in [0.5, 0.6) is 5.75 Å². The van der Waals surface area contributed by atoms with Crippen LogP contribution in [0.15, 0.2) is 54.7 Å². The Kier molecular flexibility index (Phi) is 8.56. The van der Waals surface area contributed by atoms with Crippen molar-refractivity contribution in [2.75, 3.05) is 26.7 Å². The number of hydrogen-bond donors (Lipinski definition) is 1. The van der Waals surface area contributed by atoms with Gasteiger partial charge in [0.2, 0.25) is 0 Å². The summed E-state index contributed by atoms with van der Waals surface area (Å²) in [6, 6.07) is 15.3. The Bertz CT molecular complexity index is 1270. The number of rotatable bonds is 8. The summed E-state index contributed by atoms with van der Waals surface area (Å²) in [5.74, 6) is 6.51. The summed E-state index contributed by atoms with van der Waals surface area (Å²) in [5.41, 5.74) is 3.51. The first-order chi connectivity index (χ1) is 17.4. The van der Waals surface area contributed by atoms with E-state index in [0.29, 0.717) is 37.2 Å². The van der Waals surface area contributed by atoms with Gasteiger partial charge in [-0.1, -0.05) is 30.0 Å². The van der Waals surface area contributed by atoms with E-state index in [1.54, 1.807) is 19.4 Å². The van der Waals surface area contributed by atoms with Crippen molar-refractivity contribution in [3.05, 3.63) is 71.4 Å². The molecule has 1 N–H and O–H groups in total. The first-order valence-electron chi connectivity index (χ1n) is 12.5. The Balaban J connectivity index is 1.39. The van der Waals surface area contributed by atoms with Gasteiger partial charge in [-0.25, -0.2) is 4.39 Å². The quantitative estimate of drug-likeness (QED) is 0.406. The Hall–Kier alpha value is -3.43. The number of pyridine rings is 1. The van der Waals surface area contributed by atoms with Crippen molar-refractivity contribution in [1.29, 1.82) is 0 Å². The van der Waals surface area contributed by atoms with E-state index in [1.807, 2.05) is 49.4 Å². The van der Waals surface area contributed by atoms with E-state index in [4.69, 9.17) is 4.74 Å². The van der Waals surface area contributed by atoms with Crippen LogP contribution in [0.1, 0.15) is 48.5 Å². The summed E-state index contributed by atoms with van der Waals surface area (Å²) in [4.78, 5) is 18.2. The predicted octanol–water partition coefficient (Wildman–Crippen LogP) is 5.81. The van der Waals surface area contributed by atoms with Gasteiger partial charge in [-0.2, -0.15) is 0 Å². The summed E-state index contributed by atoms with van der Waals surface area (Å²) in [7, 11) is 1.59. The summed E-state index contributed by atoms with van der Waals surface area (Å²) >= 11 is 0. The van der Waals surface area contributed by atoms with E-state index in [2.05, 4.69) is 21.7 Å². The number of carboxylic acids is 1. The van der Waals surface area contributed by atoms with E-state index in [9.17, 15) is 9.90 Å². The van der Waals surface area contributed by atoms with Crippen LogP contribution in [-0.2, 0) is 4.79 Å². The predicted molar refractivity (Wildman–Crippen MR) is 140 cm³/mol. The molecule has 36 heavy (non-hydrogen) atoms. The van der Waals surface area contributed by atoms with Gasteiger partial charge in [0.05, 0.1) is 19.2 Å². The van der Waals surface area contributed by atoms with Crippen LogP contribution in [0.4, 0.5) is 4.39 Å². The molecule has 3 aromatic rings. The molecule has 1 saturated heterocycles. The Labute approximate surface area is 212 Å². The molecule has 0 saturated carbocycles. The lowest BCUT2D eigenvalue weighted by atomic mass is 9.79. The second-order valence-corrected chi connectivity index (χ2v) is 9.59. The molecule has 188 valence electrons. The Morgan fingerprint density at radius 1 is 1.25 bits per heavy atom. The highest BCUT2D eigenvalue weighted by atomic mass is 19.1. The number of benzene rings is 2. The summed E-state index contributed by atoms with van der Waals surface area (Å²) < 4.78 is 20.8.